The second kappa shape index (κ2) is 56.8. The molecular weight excluding hydrogens is 2020 g/mol. The lowest BCUT2D eigenvalue weighted by atomic mass is 10.1. The molecule has 0 saturated carbocycles. The number of nitrogens with one attached hydrogen (secondary N) is 5. The van der Waals surface area contributed by atoms with Gasteiger partial charge >= 0.3 is 11.9 Å². The van der Waals surface area contributed by atoms with Gasteiger partial charge in [-0.3, -0.25) is 48.5 Å². The molecule has 0 aliphatic heterocycles. The fourth-order valence-corrected chi connectivity index (χ4v) is 22.2. The molecule has 12 rings (SSSR count). The summed E-state index contributed by atoms with van der Waals surface area (Å²) >= 11 is 0. The van der Waals surface area contributed by atoms with E-state index >= 15 is 0 Å². The van der Waals surface area contributed by atoms with Crippen molar-refractivity contribution in [2.75, 3.05) is 64.7 Å². The summed E-state index contributed by atoms with van der Waals surface area (Å²) in [4.78, 5) is 112. The van der Waals surface area contributed by atoms with E-state index in [4.69, 9.17) is 32.9 Å². The van der Waals surface area contributed by atoms with Crippen molar-refractivity contribution < 1.29 is 103 Å². The van der Waals surface area contributed by atoms with Gasteiger partial charge in [-0.1, -0.05) is 171 Å². The number of benzene rings is 6. The molecule has 0 saturated heterocycles. The zero-order valence-corrected chi connectivity index (χ0v) is 92.2. The van der Waals surface area contributed by atoms with Crippen LogP contribution in [0.2, 0.25) is 0 Å². The number of amidine groups is 1. The predicted octanol–water partition coefficient (Wildman–Crippen LogP) is 15.6. The quantitative estimate of drug-likeness (QED) is 0.00892. The Labute approximate surface area is 880 Å². The van der Waals surface area contributed by atoms with Crippen molar-refractivity contribution in [3.05, 3.63) is 248 Å². The standard InChI is InChI=1S/C30H42N4O6S2.C27H34N2O6S.C26H34N4O5S.C26H33N3O6S/c1-21(2)18-34(19-22(3)4)30(35)27(33-42(38,39)26-12-13-28-24(17-26)14-16-40-28)7-6-15-32-29(31)20-41(36,37)25-10-8-23(5)9-11-25;1-19(2)16-29(17-20(3)4)27(31)24(15-26(30)35-18-21-8-6-5-7-9-21)28-36(32,33)23-10-11-25-22(14-23)12-13-34-25;1-18(2)16-30(17-19(3)4)26(32)23(14-25(31)28-15-21-7-5-6-11-27-21)29-36(33,34)22-8-9-24-20(13-22)10-12-35-24;1-18(2)15-29(16-19(3)4)26(31)23(13-25(30)35-17-20-6-5-10-27-14-20)28-36(32,33)22-7-8-24-21(12-22)9-11-34-24/h8-14,16-17,21-22,27,33H,6-7,15,18-20H2,1-5H3,(H2,31,32);5-14,19-20,24,28H,15-18H2,1-4H3;5-13,18-19,23,29H,14-17H2,1-4H3,(H,28,31);5-12,14,18-19,23,28H,13,15-17H2,1-4H3/t27-;24-;2*23-/m0000/s1. The summed E-state index contributed by atoms with van der Waals surface area (Å²) in [5.74, 6) is -2.60. The number of aryl methyl sites for hydroxylation is 1. The molecule has 812 valence electrons. The van der Waals surface area contributed by atoms with Gasteiger partial charge in [0.05, 0.1) is 81.0 Å². The van der Waals surface area contributed by atoms with Gasteiger partial charge in [0.25, 0.3) is 0 Å². The number of esters is 2. The lowest BCUT2D eigenvalue weighted by Gasteiger charge is -2.30. The van der Waals surface area contributed by atoms with Crippen molar-refractivity contribution in [3.63, 3.8) is 0 Å². The summed E-state index contributed by atoms with van der Waals surface area (Å²) in [6.45, 7) is 37.6. The number of rotatable bonds is 51. The maximum Gasteiger partial charge on any atom is 0.308 e. The van der Waals surface area contributed by atoms with Gasteiger partial charge in [-0.25, -0.2) is 42.1 Å². The smallest absolute Gasteiger partial charge is 0.308 e. The van der Waals surface area contributed by atoms with Gasteiger partial charge < -0.3 is 57.8 Å². The van der Waals surface area contributed by atoms with E-state index in [1.807, 2.05) is 154 Å². The first-order valence-electron chi connectivity index (χ1n) is 49.9. The van der Waals surface area contributed by atoms with Crippen LogP contribution in [0.1, 0.15) is 165 Å². The first kappa shape index (κ1) is 121. The first-order valence-corrected chi connectivity index (χ1v) is 57.5. The summed E-state index contributed by atoms with van der Waals surface area (Å²) in [5, 5.41) is 5.21. The van der Waals surface area contributed by atoms with Crippen molar-refractivity contribution in [3.8, 4) is 0 Å². The number of carbonyl (C=O) groups excluding carboxylic acids is 7. The van der Waals surface area contributed by atoms with Crippen molar-refractivity contribution in [1.82, 2.24) is 53.8 Å². The minimum absolute atomic E-state index is 0.0117. The van der Waals surface area contributed by atoms with Crippen LogP contribution in [0.4, 0.5) is 0 Å². The lowest BCUT2D eigenvalue weighted by molar-refractivity contribution is -0.148. The Morgan fingerprint density at radius 3 is 1.04 bits per heavy atom. The normalized spacial score (nSPS) is 13.0. The van der Waals surface area contributed by atoms with Crippen molar-refractivity contribution in [1.29, 1.82) is 0 Å². The van der Waals surface area contributed by atoms with Crippen LogP contribution in [0, 0.1) is 54.3 Å². The summed E-state index contributed by atoms with van der Waals surface area (Å²) in [6.07, 6.45) is 9.93. The van der Waals surface area contributed by atoms with Crippen LogP contribution in [-0.4, -0.2) is 208 Å². The molecule has 6 aromatic carbocycles. The summed E-state index contributed by atoms with van der Waals surface area (Å²) in [5.41, 5.74) is 11.2. The predicted molar refractivity (Wildman–Crippen MR) is 575 cm³/mol. The number of amides is 5. The molecule has 12 aromatic rings. The third-order valence-corrected chi connectivity index (χ3v) is 30.2. The van der Waals surface area contributed by atoms with Gasteiger partial charge in [0.2, 0.25) is 69.6 Å². The number of aromatic nitrogens is 2. The summed E-state index contributed by atoms with van der Waals surface area (Å²) in [7, 11) is -20.1. The number of sulfone groups is 1. The molecule has 5 amide bonds. The van der Waals surface area contributed by atoms with Crippen molar-refractivity contribution >= 4 is 141 Å². The van der Waals surface area contributed by atoms with Gasteiger partial charge in [0, 0.05) is 105 Å². The molecule has 6 aromatic heterocycles. The van der Waals surface area contributed by atoms with Crippen LogP contribution in [-0.2, 0) is 113 Å². The van der Waals surface area contributed by atoms with Crippen LogP contribution in [0.25, 0.3) is 43.9 Å². The highest BCUT2D eigenvalue weighted by Gasteiger charge is 2.38. The number of nitrogens with two attached hydrogens (primary N) is 1. The van der Waals surface area contributed by atoms with E-state index in [9.17, 15) is 75.7 Å². The molecule has 0 bridgehead atoms. The molecule has 6 heterocycles. The number of hydrogen-bond acceptors (Lipinski definition) is 26. The minimum Gasteiger partial charge on any atom is -0.464 e. The third-order valence-electron chi connectivity index (χ3n) is 22.6. The fraction of sp³-hybridized carbons (Fsp3) is 0.431. The van der Waals surface area contributed by atoms with Crippen molar-refractivity contribution in [2.45, 2.75) is 218 Å². The molecule has 7 N–H and O–H groups in total. The zero-order chi connectivity index (χ0) is 110. The lowest BCUT2D eigenvalue weighted by Crippen LogP contribution is -2.52. The highest BCUT2D eigenvalue weighted by atomic mass is 32.2. The first-order chi connectivity index (χ1) is 70.8. The monoisotopic (exact) mass is 2160 g/mol. The van der Waals surface area contributed by atoms with Crippen LogP contribution < -0.4 is 29.9 Å². The Balaban J connectivity index is 0.000000222. The molecule has 0 aliphatic rings. The number of aliphatic imine (C=N–C) groups is 1. The van der Waals surface area contributed by atoms with Gasteiger partial charge in [-0.2, -0.15) is 18.9 Å². The zero-order valence-electron chi connectivity index (χ0n) is 88.2. The molecule has 0 spiro atoms. The third kappa shape index (κ3) is 38.9. The fourth-order valence-electron chi connectivity index (χ4n) is 16.0. The van der Waals surface area contributed by atoms with Gasteiger partial charge in [0.15, 0.2) is 9.84 Å². The van der Waals surface area contributed by atoms with E-state index in [0.717, 1.165) is 11.1 Å². The second-order valence-corrected chi connectivity index (χ2v) is 49.1. The highest BCUT2D eigenvalue weighted by Crippen LogP contribution is 2.29. The number of sulfonamides is 4. The van der Waals surface area contributed by atoms with Crippen LogP contribution in [0.15, 0.2) is 273 Å². The Morgan fingerprint density at radius 2 is 0.700 bits per heavy atom. The Bertz CT molecular complexity index is 6570. The number of fused-ring (bicyclic) bond motifs is 4. The number of carbonyl (C=O) groups is 7. The summed E-state index contributed by atoms with van der Waals surface area (Å²) < 4.78 is 174. The van der Waals surface area contributed by atoms with E-state index in [0.29, 0.717) is 114 Å². The van der Waals surface area contributed by atoms with E-state index < -0.39 is 128 Å². The molecule has 0 aliphatic carbocycles. The molecule has 0 unspecified atom stereocenters. The van der Waals surface area contributed by atoms with E-state index in [2.05, 4.69) is 39.2 Å². The maximum atomic E-state index is 13.7. The number of nitrogens with zero attached hydrogens (tertiary/aromatic N) is 7. The molecule has 0 radical (unpaired) electrons. The van der Waals surface area contributed by atoms with Gasteiger partial charge in [-0.15, -0.1) is 0 Å². The number of ether oxygens (including phenoxy) is 2. The Morgan fingerprint density at radius 1 is 0.373 bits per heavy atom. The van der Waals surface area contributed by atoms with Gasteiger partial charge in [-0.05, 0) is 200 Å². The van der Waals surface area contributed by atoms with Crippen LogP contribution in [0.5, 0.6) is 0 Å². The van der Waals surface area contributed by atoms with Crippen LogP contribution >= 0.6 is 0 Å². The van der Waals surface area contributed by atoms with Gasteiger partial charge in [0.1, 0.15) is 71.3 Å². The number of pyridine rings is 2. The Hall–Kier alpha value is -12.9. The maximum absolute atomic E-state index is 13.7. The SMILES string of the molecule is CC(C)CN(CC(C)C)C(=O)[C@H](CC(=O)NCc1ccccn1)NS(=O)(=O)c1ccc2occc2c1.CC(C)CN(CC(C)C)C(=O)[C@H](CC(=O)OCc1ccccc1)NS(=O)(=O)c1ccc2occc2c1.CC(C)CN(CC(C)C)C(=O)[C@H](CC(=O)OCc1cccnc1)NS(=O)(=O)c1ccc2occc2c1.Cc1ccc(S(=O)(=O)CC(N)=NCCC[C@H](NS(=O)(=O)c2ccc3occc3c2)C(=O)N(CC(C)C)CC(C)C)cc1. The average Bonchev–Trinajstić information content (AvgIpc) is 1.37. The molecule has 0 fully saturated rings. The van der Waals surface area contributed by atoms with Crippen molar-refractivity contribution in [2.24, 2.45) is 58.1 Å². The largest absolute Gasteiger partial charge is 0.464 e. The topological polar surface area (TPSA) is 498 Å². The Kier molecular flexibility index (Phi) is 45.7. The second-order valence-electron chi connectivity index (χ2n) is 40.3. The molecule has 150 heavy (non-hydrogen) atoms. The summed E-state index contributed by atoms with van der Waals surface area (Å²) in [6, 6.07) is 44.0. The molecule has 4 atom stereocenters. The van der Waals surface area contributed by atoms with Crippen LogP contribution in [0.3, 0.4) is 0 Å². The minimum atomic E-state index is -4.13. The van der Waals surface area contributed by atoms with E-state index in [-0.39, 0.29) is 123 Å². The van der Waals surface area contributed by atoms with E-state index in [1.165, 1.54) is 85.7 Å². The highest BCUT2D eigenvalue weighted by molar-refractivity contribution is 7.92. The van der Waals surface area contributed by atoms with E-state index in [1.54, 1.807) is 123 Å². The number of furan rings is 4. The average molecular weight is 2160 g/mol. The number of hydrogen-bond donors (Lipinski definition) is 6. The molecule has 41 heteroatoms. The molecular formula is C109H143N13O23S5. The molecule has 36 nitrogen and oxygen atoms in total.